The first-order valence-electron chi connectivity index (χ1n) is 35.2. The van der Waals surface area contributed by atoms with Crippen LogP contribution >= 0.6 is 11.3 Å². The number of hydrogen-bond donors (Lipinski definition) is 0. The molecule has 97 heavy (non-hydrogen) atoms. The lowest BCUT2D eigenvalue weighted by Crippen LogP contribution is -2.62. The van der Waals surface area contributed by atoms with Crippen LogP contribution in [-0.4, -0.2) is 13.4 Å². The van der Waals surface area contributed by atoms with E-state index < -0.39 is 0 Å². The Morgan fingerprint density at radius 1 is 0.371 bits per heavy atom. The molecule has 0 saturated heterocycles. The van der Waals surface area contributed by atoms with Crippen LogP contribution in [0, 0.1) is 27.7 Å². The van der Waals surface area contributed by atoms with Gasteiger partial charge in [0.2, 0.25) is 0 Å². The van der Waals surface area contributed by atoms with Crippen molar-refractivity contribution in [1.82, 2.24) is 0 Å². The molecule has 10 aromatic carbocycles. The van der Waals surface area contributed by atoms with Gasteiger partial charge in [-0.05, 0) is 225 Å². The van der Waals surface area contributed by atoms with Crippen LogP contribution in [-0.2, 0) is 27.1 Å². The summed E-state index contributed by atoms with van der Waals surface area (Å²) in [5, 5.41) is 0. The predicted octanol–water partition coefficient (Wildman–Crippen LogP) is 20.7. The van der Waals surface area contributed by atoms with Gasteiger partial charge in [-0.2, -0.15) is 11.3 Å². The summed E-state index contributed by atoms with van der Waals surface area (Å²) in [6, 6.07) is 76.1. The Labute approximate surface area is 579 Å². The van der Waals surface area contributed by atoms with E-state index in [-0.39, 0.29) is 40.5 Å². The Morgan fingerprint density at radius 2 is 0.763 bits per heavy atom. The summed E-state index contributed by atoms with van der Waals surface area (Å²) in [6.45, 7) is 35.2. The SMILES string of the molecule is Cc1ccccc1N(c1cc2c3c(c1)N(c1ccc4c(c1)C(C)(C)CCC4(C)C)c1ccccc1B3c1cc3c(cc1O2)Oc1cc(N(c2ccccc2C)c2ccccc2C)cc2c1B3c1sc(C(C)(C)C)cc1N2c1ccc2c(c1)C(C)(C)CCC2(C)C)c1ccccc1C. The number of rotatable bonds is 8. The van der Waals surface area contributed by atoms with Crippen LogP contribution in [0.1, 0.15) is 151 Å². The van der Waals surface area contributed by atoms with Crippen molar-refractivity contribution >= 4 is 125 Å². The lowest BCUT2D eigenvalue weighted by molar-refractivity contribution is 0.332. The minimum Gasteiger partial charge on any atom is -0.458 e. The molecule has 6 aliphatic rings. The quantitative estimate of drug-likeness (QED) is 0.141. The molecule has 9 heteroatoms. The maximum Gasteiger partial charge on any atom is 0.268 e. The van der Waals surface area contributed by atoms with Gasteiger partial charge >= 0.3 is 0 Å². The minimum absolute atomic E-state index is 0.00214. The molecule has 11 aromatic rings. The van der Waals surface area contributed by atoms with Gasteiger partial charge in [0.25, 0.3) is 13.4 Å². The van der Waals surface area contributed by atoms with Gasteiger partial charge in [0.05, 0.1) is 17.1 Å². The summed E-state index contributed by atoms with van der Waals surface area (Å²) in [5.41, 5.74) is 29.9. The van der Waals surface area contributed by atoms with E-state index in [1.807, 2.05) is 11.3 Å². The molecule has 2 aliphatic carbocycles. The molecule has 0 amide bonds. The van der Waals surface area contributed by atoms with Gasteiger partial charge in [-0.1, -0.05) is 185 Å². The summed E-state index contributed by atoms with van der Waals surface area (Å²) >= 11 is 1.97. The lowest BCUT2D eigenvalue weighted by atomic mass is 9.32. The fourth-order valence-corrected chi connectivity index (χ4v) is 18.7. The van der Waals surface area contributed by atoms with Crippen LogP contribution in [0.5, 0.6) is 23.0 Å². The number of fused-ring (bicyclic) bond motifs is 10. The van der Waals surface area contributed by atoms with Crippen molar-refractivity contribution in [3.8, 4) is 23.0 Å². The second-order valence-corrected chi connectivity index (χ2v) is 33.5. The largest absolute Gasteiger partial charge is 0.458 e. The number of anilines is 12. The fraction of sp³-hybridized carbons (Fsp3) is 0.273. The zero-order valence-corrected chi connectivity index (χ0v) is 59.9. The summed E-state index contributed by atoms with van der Waals surface area (Å²) in [6.07, 6.45) is 4.56. The zero-order valence-electron chi connectivity index (χ0n) is 59.0. The van der Waals surface area contributed by atoms with E-state index in [1.165, 1.54) is 82.1 Å². The van der Waals surface area contributed by atoms with Crippen molar-refractivity contribution in [3.63, 3.8) is 0 Å². The van der Waals surface area contributed by atoms with Gasteiger partial charge in [0.1, 0.15) is 23.0 Å². The molecule has 4 aliphatic heterocycles. The first-order valence-corrected chi connectivity index (χ1v) is 36.0. The molecular formula is C88H86B2N4O2S. The van der Waals surface area contributed by atoms with Crippen LogP contribution in [0.25, 0.3) is 0 Å². The van der Waals surface area contributed by atoms with Crippen molar-refractivity contribution in [1.29, 1.82) is 0 Å². The molecule has 0 fully saturated rings. The van der Waals surface area contributed by atoms with Crippen molar-refractivity contribution in [2.75, 3.05) is 19.6 Å². The molecular weight excluding hydrogens is 1200 g/mol. The molecule has 5 heterocycles. The first-order chi connectivity index (χ1) is 46.3. The average Bonchev–Trinajstić information content (AvgIpc) is 1.58. The molecule has 0 radical (unpaired) electrons. The smallest absolute Gasteiger partial charge is 0.268 e. The molecule has 0 spiro atoms. The number of ether oxygens (including phenoxy) is 2. The summed E-state index contributed by atoms with van der Waals surface area (Å²) in [4.78, 5) is 11.5. The lowest BCUT2D eigenvalue weighted by Gasteiger charge is -2.44. The molecule has 0 bridgehead atoms. The van der Waals surface area contributed by atoms with E-state index in [0.717, 1.165) is 116 Å². The van der Waals surface area contributed by atoms with E-state index in [1.54, 1.807) is 0 Å². The number of hydrogen-bond acceptors (Lipinski definition) is 7. The highest BCUT2D eigenvalue weighted by molar-refractivity contribution is 7.29. The third-order valence-corrected chi connectivity index (χ3v) is 24.7. The van der Waals surface area contributed by atoms with Crippen molar-refractivity contribution in [3.05, 3.63) is 250 Å². The van der Waals surface area contributed by atoms with Crippen molar-refractivity contribution < 1.29 is 9.47 Å². The molecule has 1 aromatic heterocycles. The van der Waals surface area contributed by atoms with Crippen LogP contribution in [0.15, 0.2) is 200 Å². The number of para-hydroxylation sites is 5. The van der Waals surface area contributed by atoms with Gasteiger partial charge in [-0.15, -0.1) is 0 Å². The topological polar surface area (TPSA) is 31.4 Å². The van der Waals surface area contributed by atoms with Crippen LogP contribution in [0.3, 0.4) is 0 Å². The Bertz CT molecular complexity index is 5030. The van der Waals surface area contributed by atoms with Crippen molar-refractivity contribution in [2.45, 2.75) is 157 Å². The van der Waals surface area contributed by atoms with Crippen LogP contribution in [0.4, 0.5) is 68.2 Å². The molecule has 0 N–H and O–H groups in total. The fourth-order valence-electron chi connectivity index (χ4n) is 17.3. The number of aryl methyl sites for hydroxylation is 4. The van der Waals surface area contributed by atoms with Gasteiger partial charge in [-0.3, -0.25) is 0 Å². The summed E-state index contributed by atoms with van der Waals surface area (Å²) < 4.78 is 16.9. The molecule has 0 atom stereocenters. The third-order valence-electron chi connectivity index (χ3n) is 23.1. The van der Waals surface area contributed by atoms with E-state index in [4.69, 9.17) is 9.47 Å². The Morgan fingerprint density at radius 3 is 1.21 bits per heavy atom. The first kappa shape index (κ1) is 61.4. The normalized spacial score (nSPS) is 16.6. The maximum absolute atomic E-state index is 7.81. The Balaban J connectivity index is 0.926. The van der Waals surface area contributed by atoms with E-state index in [2.05, 4.69) is 324 Å². The van der Waals surface area contributed by atoms with E-state index in [9.17, 15) is 0 Å². The van der Waals surface area contributed by atoms with Crippen LogP contribution < -0.4 is 61.2 Å². The maximum atomic E-state index is 7.81. The number of benzene rings is 10. The van der Waals surface area contributed by atoms with Gasteiger partial charge in [-0.25, -0.2) is 0 Å². The minimum atomic E-state index is -0.185. The predicted molar refractivity (Wildman–Crippen MR) is 414 cm³/mol. The Hall–Kier alpha value is -9.17. The zero-order chi connectivity index (χ0) is 67.1. The van der Waals surface area contributed by atoms with Gasteiger partial charge in [0, 0.05) is 79.0 Å². The standard InChI is InChI=1S/C88H86B2N4O2S/c1-53-26-16-21-31-68(53)93(69-32-22-17-27-54(69)2)59-46-73-81-78(48-59)95-76-52-77-67(50-66(76)89(81)65-30-20-25-35-72(65)91(73)57-36-38-61-63(44-57)87(12,13)42-40-85(61,8)9)90-82-74(47-60(49-79(82)96-77)94(70-33-23-18-28-55(70)3)71-34-24-19-29-56(71)4)92(75-51-80(84(5,6)7)97-83(75)90)58-37-39-62-64(45-58)88(14,15)43-41-86(62,10)11/h16-39,44-52H,40-43H2,1-15H3. The number of thiophene rings is 1. The molecule has 0 unspecified atom stereocenters. The average molecular weight is 1290 g/mol. The Kier molecular flexibility index (Phi) is 13.7. The molecule has 0 saturated carbocycles. The molecule has 6 nitrogen and oxygen atoms in total. The molecule has 17 rings (SSSR count). The summed E-state index contributed by atoms with van der Waals surface area (Å²) in [7, 11) is 0. The molecule has 482 valence electrons. The van der Waals surface area contributed by atoms with Crippen molar-refractivity contribution in [2.24, 2.45) is 0 Å². The highest BCUT2D eigenvalue weighted by Gasteiger charge is 2.50. The van der Waals surface area contributed by atoms with E-state index in [0.29, 0.717) is 0 Å². The second kappa shape index (κ2) is 21.7. The highest BCUT2D eigenvalue weighted by atomic mass is 32.1. The number of nitrogens with zero attached hydrogens (tertiary/aromatic N) is 4. The summed E-state index contributed by atoms with van der Waals surface area (Å²) in [5.74, 6) is 3.30. The third kappa shape index (κ3) is 9.55. The van der Waals surface area contributed by atoms with Crippen LogP contribution in [0.2, 0.25) is 0 Å². The second-order valence-electron chi connectivity index (χ2n) is 32.4. The highest BCUT2D eigenvalue weighted by Crippen LogP contribution is 2.55. The van der Waals surface area contributed by atoms with Gasteiger partial charge < -0.3 is 29.1 Å². The monoisotopic (exact) mass is 1280 g/mol. The van der Waals surface area contributed by atoms with E-state index >= 15 is 0 Å². The van der Waals surface area contributed by atoms with Gasteiger partial charge in [0.15, 0.2) is 0 Å².